The van der Waals surface area contributed by atoms with E-state index in [1.807, 2.05) is 0 Å². The molecule has 1 amide bonds. The lowest BCUT2D eigenvalue weighted by Gasteiger charge is -2.10. The zero-order valence-corrected chi connectivity index (χ0v) is 11.9. The van der Waals surface area contributed by atoms with Crippen LogP contribution in [-0.2, 0) is 0 Å². The molecule has 0 spiro atoms. The number of nitrogens with two attached hydrogens (primary N) is 1. The molecule has 0 aromatic heterocycles. The highest BCUT2D eigenvalue weighted by Crippen LogP contribution is 2.25. The number of aromatic hydroxyl groups is 1. The average molecular weight is 321 g/mol. The smallest absolute Gasteiger partial charge is 0.255 e. The van der Waals surface area contributed by atoms with E-state index in [1.54, 1.807) is 37.3 Å². The van der Waals surface area contributed by atoms with Gasteiger partial charge in [0.25, 0.3) is 5.91 Å². The zero-order valence-electron chi connectivity index (χ0n) is 10.3. The largest absolute Gasteiger partial charge is 0.508 e. The molecular formula is C14H13BrN2O2. The molecule has 0 unspecified atom stereocenters. The Morgan fingerprint density at radius 1 is 1.26 bits per heavy atom. The fourth-order valence-corrected chi connectivity index (χ4v) is 2.22. The van der Waals surface area contributed by atoms with Crippen molar-refractivity contribution in [3.8, 4) is 5.75 Å². The Kier molecular flexibility index (Phi) is 3.76. The van der Waals surface area contributed by atoms with Crippen molar-refractivity contribution in [3.63, 3.8) is 0 Å². The summed E-state index contributed by atoms with van der Waals surface area (Å²) in [5, 5.41) is 12.1. The van der Waals surface area contributed by atoms with Crippen LogP contribution < -0.4 is 11.1 Å². The molecular weight excluding hydrogens is 308 g/mol. The number of hydrogen-bond donors (Lipinski definition) is 3. The molecule has 0 atom stereocenters. The molecule has 0 heterocycles. The lowest BCUT2D eigenvalue weighted by molar-refractivity contribution is 0.102. The number of amides is 1. The van der Waals surface area contributed by atoms with E-state index in [2.05, 4.69) is 21.2 Å². The van der Waals surface area contributed by atoms with Crippen molar-refractivity contribution < 1.29 is 9.90 Å². The summed E-state index contributed by atoms with van der Waals surface area (Å²) in [5.74, 6) is -0.0920. The minimum Gasteiger partial charge on any atom is -0.508 e. The minimum atomic E-state index is -0.233. The normalized spacial score (nSPS) is 10.2. The van der Waals surface area contributed by atoms with E-state index < -0.39 is 0 Å². The van der Waals surface area contributed by atoms with Gasteiger partial charge in [0.1, 0.15) is 5.75 Å². The zero-order chi connectivity index (χ0) is 14.0. The highest BCUT2D eigenvalue weighted by atomic mass is 79.9. The third kappa shape index (κ3) is 3.06. The van der Waals surface area contributed by atoms with Crippen LogP contribution in [0, 0.1) is 6.92 Å². The van der Waals surface area contributed by atoms with Crippen LogP contribution in [0.15, 0.2) is 40.9 Å². The van der Waals surface area contributed by atoms with Gasteiger partial charge in [-0.05, 0) is 64.8 Å². The predicted molar refractivity (Wildman–Crippen MR) is 79.4 cm³/mol. The molecule has 0 bridgehead atoms. The lowest BCUT2D eigenvalue weighted by Crippen LogP contribution is -2.13. The van der Waals surface area contributed by atoms with Crippen molar-refractivity contribution >= 4 is 33.2 Å². The number of carbonyl (C=O) groups excluding carboxylic acids is 1. The standard InChI is InChI=1S/C14H13BrN2O2/c1-8-6-10(18)3-4-11(8)14(19)17-13-5-2-9(16)7-12(13)15/h2-7,18H,16H2,1H3,(H,17,19). The highest BCUT2D eigenvalue weighted by molar-refractivity contribution is 9.10. The predicted octanol–water partition coefficient (Wildman–Crippen LogP) is 3.30. The number of carbonyl (C=O) groups is 1. The molecule has 0 aliphatic rings. The van der Waals surface area contributed by atoms with Gasteiger partial charge in [-0.2, -0.15) is 0 Å². The van der Waals surface area contributed by atoms with Gasteiger partial charge in [-0.1, -0.05) is 0 Å². The SMILES string of the molecule is Cc1cc(O)ccc1C(=O)Nc1ccc(N)cc1Br. The van der Waals surface area contributed by atoms with Crippen LogP contribution in [0.3, 0.4) is 0 Å². The van der Waals surface area contributed by atoms with Gasteiger partial charge in [0.05, 0.1) is 5.69 Å². The highest BCUT2D eigenvalue weighted by Gasteiger charge is 2.11. The lowest BCUT2D eigenvalue weighted by atomic mass is 10.1. The van der Waals surface area contributed by atoms with Crippen LogP contribution in [0.25, 0.3) is 0 Å². The molecule has 2 aromatic rings. The number of nitrogen functional groups attached to an aromatic ring is 1. The number of benzene rings is 2. The molecule has 0 saturated carbocycles. The number of phenolic OH excluding ortho intramolecular Hbond substituents is 1. The summed E-state index contributed by atoms with van der Waals surface area (Å²) in [7, 11) is 0. The molecule has 5 heteroatoms. The number of halogens is 1. The third-order valence-electron chi connectivity index (χ3n) is 2.70. The van der Waals surface area contributed by atoms with E-state index >= 15 is 0 Å². The van der Waals surface area contributed by atoms with Crippen molar-refractivity contribution in [2.24, 2.45) is 0 Å². The molecule has 0 fully saturated rings. The maximum Gasteiger partial charge on any atom is 0.255 e. The minimum absolute atomic E-state index is 0.141. The quantitative estimate of drug-likeness (QED) is 0.743. The molecule has 0 saturated heterocycles. The second-order valence-corrected chi connectivity index (χ2v) is 5.05. The monoisotopic (exact) mass is 320 g/mol. The fraction of sp³-hybridized carbons (Fsp3) is 0.0714. The fourth-order valence-electron chi connectivity index (χ4n) is 1.72. The van der Waals surface area contributed by atoms with Crippen molar-refractivity contribution in [1.82, 2.24) is 0 Å². The van der Waals surface area contributed by atoms with E-state index in [-0.39, 0.29) is 11.7 Å². The molecule has 19 heavy (non-hydrogen) atoms. The Hall–Kier alpha value is -2.01. The summed E-state index contributed by atoms with van der Waals surface area (Å²) < 4.78 is 0.720. The van der Waals surface area contributed by atoms with E-state index in [9.17, 15) is 9.90 Å². The van der Waals surface area contributed by atoms with Crippen LogP contribution in [0.2, 0.25) is 0 Å². The molecule has 4 nitrogen and oxygen atoms in total. The molecule has 2 rings (SSSR count). The van der Waals surface area contributed by atoms with Crippen molar-refractivity contribution in [3.05, 3.63) is 52.0 Å². The van der Waals surface area contributed by atoms with Crippen LogP contribution in [-0.4, -0.2) is 11.0 Å². The summed E-state index contributed by atoms with van der Waals surface area (Å²) in [6.07, 6.45) is 0. The van der Waals surface area contributed by atoms with Crippen molar-refractivity contribution in [1.29, 1.82) is 0 Å². The van der Waals surface area contributed by atoms with Crippen molar-refractivity contribution in [2.75, 3.05) is 11.1 Å². The van der Waals surface area contributed by atoms with E-state index in [4.69, 9.17) is 5.73 Å². The van der Waals surface area contributed by atoms with E-state index in [0.29, 0.717) is 22.5 Å². The Bertz CT molecular complexity index is 641. The molecule has 0 aliphatic heterocycles. The number of phenols is 1. The maximum atomic E-state index is 12.1. The first-order valence-corrected chi connectivity index (χ1v) is 6.42. The second kappa shape index (κ2) is 5.32. The first-order chi connectivity index (χ1) is 8.97. The van der Waals surface area contributed by atoms with Gasteiger partial charge in [0.15, 0.2) is 0 Å². The molecule has 0 radical (unpaired) electrons. The van der Waals surface area contributed by atoms with Gasteiger partial charge >= 0.3 is 0 Å². The average Bonchev–Trinajstić information content (AvgIpc) is 2.32. The number of anilines is 2. The Morgan fingerprint density at radius 2 is 2.00 bits per heavy atom. The second-order valence-electron chi connectivity index (χ2n) is 4.19. The van der Waals surface area contributed by atoms with E-state index in [0.717, 1.165) is 4.47 Å². The van der Waals surface area contributed by atoms with E-state index in [1.165, 1.54) is 6.07 Å². The Labute approximate surface area is 119 Å². The summed E-state index contributed by atoms with van der Waals surface area (Å²) in [4.78, 5) is 12.1. The third-order valence-corrected chi connectivity index (χ3v) is 3.35. The Balaban J connectivity index is 2.25. The van der Waals surface area contributed by atoms with Gasteiger partial charge in [0.2, 0.25) is 0 Å². The summed E-state index contributed by atoms with van der Waals surface area (Å²) in [6.45, 7) is 1.77. The van der Waals surface area contributed by atoms with Crippen LogP contribution in [0.4, 0.5) is 11.4 Å². The number of hydrogen-bond acceptors (Lipinski definition) is 3. The van der Waals surface area contributed by atoms with Crippen LogP contribution >= 0.6 is 15.9 Å². The summed E-state index contributed by atoms with van der Waals surface area (Å²) in [5.41, 5.74) is 8.13. The number of nitrogens with one attached hydrogen (secondary N) is 1. The van der Waals surface area contributed by atoms with Gasteiger partial charge in [-0.15, -0.1) is 0 Å². The Morgan fingerprint density at radius 3 is 2.63 bits per heavy atom. The number of aryl methyl sites for hydroxylation is 1. The topological polar surface area (TPSA) is 75.3 Å². The molecule has 2 aromatic carbocycles. The first kappa shape index (κ1) is 13.4. The van der Waals surface area contributed by atoms with Gasteiger partial charge < -0.3 is 16.2 Å². The molecule has 98 valence electrons. The summed E-state index contributed by atoms with van der Waals surface area (Å²) >= 11 is 3.34. The van der Waals surface area contributed by atoms with Crippen LogP contribution in [0.5, 0.6) is 5.75 Å². The van der Waals surface area contributed by atoms with Gasteiger partial charge in [-0.25, -0.2) is 0 Å². The summed E-state index contributed by atoms with van der Waals surface area (Å²) in [6, 6.07) is 9.79. The number of rotatable bonds is 2. The van der Waals surface area contributed by atoms with Crippen LogP contribution in [0.1, 0.15) is 15.9 Å². The first-order valence-electron chi connectivity index (χ1n) is 5.63. The maximum absolute atomic E-state index is 12.1. The van der Waals surface area contributed by atoms with Crippen molar-refractivity contribution in [2.45, 2.75) is 6.92 Å². The molecule has 0 aliphatic carbocycles. The van der Waals surface area contributed by atoms with Gasteiger partial charge in [0, 0.05) is 15.7 Å². The molecule has 4 N–H and O–H groups in total. The van der Waals surface area contributed by atoms with Gasteiger partial charge in [-0.3, -0.25) is 4.79 Å².